The van der Waals surface area contributed by atoms with Crippen molar-refractivity contribution < 1.29 is 18.3 Å². The molecule has 1 fully saturated rings. The maximum absolute atomic E-state index is 11.9. The molecule has 2 aliphatic rings. The second-order valence-corrected chi connectivity index (χ2v) is 8.08. The third-order valence-corrected chi connectivity index (χ3v) is 5.52. The zero-order valence-corrected chi connectivity index (χ0v) is 12.8. The molecule has 0 spiro atoms. The summed E-state index contributed by atoms with van der Waals surface area (Å²) in [5.41, 5.74) is 2.41. The molecular formula is C14H19KN2O4S. The minimum absolute atomic E-state index is 0. The fourth-order valence-corrected chi connectivity index (χ4v) is 4.15. The first kappa shape index (κ1) is 18.2. The van der Waals surface area contributed by atoms with Crippen LogP contribution in [0.1, 0.15) is 31.4 Å². The molecule has 3 rings (SSSR count). The Morgan fingerprint density at radius 1 is 1.27 bits per heavy atom. The van der Waals surface area contributed by atoms with Crippen LogP contribution in [-0.2, 0) is 27.8 Å². The van der Waals surface area contributed by atoms with Gasteiger partial charge in [-0.3, -0.25) is 4.79 Å². The van der Waals surface area contributed by atoms with Crippen molar-refractivity contribution in [3.8, 4) is 5.75 Å². The van der Waals surface area contributed by atoms with Crippen LogP contribution in [0.2, 0.25) is 0 Å². The normalized spacial score (nSPS) is 21.7. The Bertz CT molecular complexity index is 731. The number of aryl methyl sites for hydroxylation is 1. The molecular weight excluding hydrogens is 331 g/mol. The molecule has 0 atom stereocenters. The number of benzene rings is 1. The number of amides is 1. The van der Waals surface area contributed by atoms with Gasteiger partial charge in [-0.1, -0.05) is 13.8 Å². The number of phenolic OH excluding ortho intramolecular Hbond substituents is 1. The molecule has 0 saturated carbocycles. The summed E-state index contributed by atoms with van der Waals surface area (Å²) in [6.45, 7) is 4.04. The number of nitrogens with zero attached hydrogens (tertiary/aromatic N) is 1. The molecule has 6 nitrogen and oxygen atoms in total. The summed E-state index contributed by atoms with van der Waals surface area (Å²) in [5.74, 6) is -0.694. The first-order valence-electron chi connectivity index (χ1n) is 6.86. The summed E-state index contributed by atoms with van der Waals surface area (Å²) in [7, 11) is -3.89. The molecule has 0 aromatic heterocycles. The van der Waals surface area contributed by atoms with Gasteiger partial charge in [0.05, 0.1) is 5.69 Å². The van der Waals surface area contributed by atoms with E-state index in [1.54, 1.807) is 12.1 Å². The van der Waals surface area contributed by atoms with Gasteiger partial charge in [0.15, 0.2) is 0 Å². The standard InChI is InChI=1S/C14H18N2O4S.K.H/c1-14(2)4-3-9-6-12(17)11(5-10(9)7-14)16-8-13(18)15-21(16,19)20;;/h5-6,17H,3-4,7-8H2,1-2H3,(H,15,18);;. The van der Waals surface area contributed by atoms with E-state index < -0.39 is 16.1 Å². The van der Waals surface area contributed by atoms with E-state index in [0.717, 1.165) is 34.7 Å². The van der Waals surface area contributed by atoms with E-state index in [4.69, 9.17) is 0 Å². The third-order valence-electron chi connectivity index (χ3n) is 4.13. The Labute approximate surface area is 172 Å². The van der Waals surface area contributed by atoms with Crippen molar-refractivity contribution in [2.24, 2.45) is 5.41 Å². The summed E-state index contributed by atoms with van der Waals surface area (Å²) in [4.78, 5) is 11.3. The topological polar surface area (TPSA) is 86.7 Å². The molecule has 1 heterocycles. The van der Waals surface area contributed by atoms with E-state index in [2.05, 4.69) is 13.8 Å². The predicted molar refractivity (Wildman–Crippen MR) is 85.5 cm³/mol. The Morgan fingerprint density at radius 3 is 2.55 bits per heavy atom. The number of nitrogens with one attached hydrogen (secondary N) is 1. The van der Waals surface area contributed by atoms with Gasteiger partial charge in [0.25, 0.3) is 5.91 Å². The van der Waals surface area contributed by atoms with Crippen molar-refractivity contribution in [2.75, 3.05) is 10.8 Å². The summed E-state index contributed by atoms with van der Waals surface area (Å²) in [5, 5.41) is 10.1. The van der Waals surface area contributed by atoms with E-state index in [0.29, 0.717) is 0 Å². The van der Waals surface area contributed by atoms with E-state index >= 15 is 0 Å². The molecule has 0 bridgehead atoms. The van der Waals surface area contributed by atoms with Gasteiger partial charge in [0, 0.05) is 0 Å². The van der Waals surface area contributed by atoms with E-state index in [-0.39, 0.29) is 74.8 Å². The first-order valence-corrected chi connectivity index (χ1v) is 8.30. The Kier molecular flexibility index (Phi) is 5.02. The number of phenols is 1. The summed E-state index contributed by atoms with van der Waals surface area (Å²) in [6.07, 6.45) is 2.71. The average molecular weight is 350 g/mol. The number of rotatable bonds is 1. The summed E-state index contributed by atoms with van der Waals surface area (Å²) in [6, 6.07) is 3.32. The molecule has 0 radical (unpaired) electrons. The van der Waals surface area contributed by atoms with Gasteiger partial charge in [0.1, 0.15) is 12.3 Å². The van der Waals surface area contributed by atoms with Crippen LogP contribution in [0.15, 0.2) is 12.1 Å². The molecule has 116 valence electrons. The van der Waals surface area contributed by atoms with Gasteiger partial charge in [0.2, 0.25) is 0 Å². The number of hydrogen-bond acceptors (Lipinski definition) is 4. The van der Waals surface area contributed by atoms with Crippen LogP contribution >= 0.6 is 0 Å². The van der Waals surface area contributed by atoms with Crippen LogP contribution in [0.5, 0.6) is 5.75 Å². The van der Waals surface area contributed by atoms with Crippen molar-refractivity contribution in [1.29, 1.82) is 0 Å². The molecule has 0 unspecified atom stereocenters. The van der Waals surface area contributed by atoms with Crippen molar-refractivity contribution in [2.45, 2.75) is 33.1 Å². The molecule has 22 heavy (non-hydrogen) atoms. The van der Waals surface area contributed by atoms with Crippen LogP contribution in [0.4, 0.5) is 5.69 Å². The maximum atomic E-state index is 11.9. The summed E-state index contributed by atoms with van der Waals surface area (Å²) >= 11 is 0. The quantitative estimate of drug-likeness (QED) is 0.720. The van der Waals surface area contributed by atoms with Crippen molar-refractivity contribution in [1.82, 2.24) is 4.72 Å². The van der Waals surface area contributed by atoms with Gasteiger partial charge in [-0.15, -0.1) is 0 Å². The number of carbonyl (C=O) groups is 1. The Balaban J connectivity index is 0.00000176. The van der Waals surface area contributed by atoms with Gasteiger partial charge in [-0.05, 0) is 47.9 Å². The fraction of sp³-hybridized carbons (Fsp3) is 0.500. The van der Waals surface area contributed by atoms with Crippen molar-refractivity contribution >= 4 is 73.2 Å². The molecule has 8 heteroatoms. The predicted octanol–water partition coefficient (Wildman–Crippen LogP) is 0.440. The van der Waals surface area contributed by atoms with Gasteiger partial charge in [-0.25, -0.2) is 9.03 Å². The molecule has 2 N–H and O–H groups in total. The number of hydrogen-bond donors (Lipinski definition) is 2. The molecule has 1 aromatic rings. The SMILES string of the molecule is CC1(C)CCc2cc(O)c(N3CC(=O)NS3(=O)=O)cc2C1.[KH]. The van der Waals surface area contributed by atoms with Gasteiger partial charge in [-0.2, -0.15) is 8.42 Å². The van der Waals surface area contributed by atoms with Crippen molar-refractivity contribution in [3.63, 3.8) is 0 Å². The number of carbonyl (C=O) groups excluding carboxylic acids is 1. The number of fused-ring (bicyclic) bond motifs is 1. The summed E-state index contributed by atoms with van der Waals surface area (Å²) < 4.78 is 26.6. The molecule has 1 aromatic carbocycles. The van der Waals surface area contributed by atoms with E-state index in [1.807, 2.05) is 4.72 Å². The van der Waals surface area contributed by atoms with Crippen LogP contribution in [0.25, 0.3) is 0 Å². The van der Waals surface area contributed by atoms with Gasteiger partial charge >= 0.3 is 61.6 Å². The molecule has 1 saturated heterocycles. The number of aromatic hydroxyl groups is 1. The number of anilines is 1. The van der Waals surface area contributed by atoms with Gasteiger partial charge < -0.3 is 5.11 Å². The van der Waals surface area contributed by atoms with Crippen LogP contribution in [0.3, 0.4) is 0 Å². The average Bonchev–Trinajstić information content (AvgIpc) is 2.61. The van der Waals surface area contributed by atoms with E-state index in [9.17, 15) is 18.3 Å². The second kappa shape index (κ2) is 6.07. The van der Waals surface area contributed by atoms with Crippen LogP contribution in [-0.4, -0.2) is 77.4 Å². The third kappa shape index (κ3) is 3.37. The first-order chi connectivity index (χ1) is 9.68. The monoisotopic (exact) mass is 350 g/mol. The fourth-order valence-electron chi connectivity index (χ4n) is 3.00. The zero-order chi connectivity index (χ0) is 15.4. The van der Waals surface area contributed by atoms with Crippen LogP contribution in [0, 0.1) is 5.41 Å². The second-order valence-electron chi connectivity index (χ2n) is 6.49. The van der Waals surface area contributed by atoms with Crippen molar-refractivity contribution in [3.05, 3.63) is 23.3 Å². The van der Waals surface area contributed by atoms with E-state index in [1.165, 1.54) is 0 Å². The molecule has 1 amide bonds. The molecule has 1 aliphatic heterocycles. The molecule has 1 aliphatic carbocycles. The Morgan fingerprint density at radius 2 is 1.95 bits per heavy atom. The zero-order valence-electron chi connectivity index (χ0n) is 12.0. The minimum atomic E-state index is -3.89. The Hall–Kier alpha value is -0.124. The van der Waals surface area contributed by atoms with Crippen LogP contribution < -0.4 is 9.03 Å².